The normalized spacial score (nSPS) is 11.4. The summed E-state index contributed by atoms with van der Waals surface area (Å²) in [6, 6.07) is 20.8. The third kappa shape index (κ3) is 5.82. The van der Waals surface area contributed by atoms with Crippen molar-refractivity contribution in [2.24, 2.45) is 0 Å². The van der Waals surface area contributed by atoms with Crippen LogP contribution in [0, 0.1) is 11.3 Å². The van der Waals surface area contributed by atoms with Gasteiger partial charge in [0.25, 0.3) is 0 Å². The summed E-state index contributed by atoms with van der Waals surface area (Å²) in [6.45, 7) is 2.65. The third-order valence-electron chi connectivity index (χ3n) is 4.65. The summed E-state index contributed by atoms with van der Waals surface area (Å²) in [7, 11) is 0. The van der Waals surface area contributed by atoms with Crippen LogP contribution < -0.4 is 9.47 Å². The zero-order valence-electron chi connectivity index (χ0n) is 17.6. The van der Waals surface area contributed by atoms with E-state index in [4.69, 9.17) is 32.7 Å². The Morgan fingerprint density at radius 2 is 1.94 bits per heavy atom. The molecule has 166 valence electrons. The minimum absolute atomic E-state index is 0.274. The van der Waals surface area contributed by atoms with Crippen molar-refractivity contribution in [3.05, 3.63) is 86.7 Å². The van der Waals surface area contributed by atoms with E-state index in [9.17, 15) is 5.26 Å². The first-order valence-corrected chi connectivity index (χ1v) is 11.7. The number of nitrogens with zero attached hydrogens (tertiary/aromatic N) is 2. The molecular formula is C25H19Cl2N3O2S. The molecule has 1 aromatic heterocycles. The van der Waals surface area contributed by atoms with Gasteiger partial charge in [-0.25, -0.2) is 4.98 Å². The third-order valence-corrected chi connectivity index (χ3v) is 6.05. The minimum Gasteiger partial charge on any atom is -0.490 e. The molecule has 8 heteroatoms. The molecular weight excluding hydrogens is 477 g/mol. The van der Waals surface area contributed by atoms with E-state index in [2.05, 4.69) is 16.0 Å². The number of benzene rings is 3. The van der Waals surface area contributed by atoms with Gasteiger partial charge in [-0.1, -0.05) is 47.5 Å². The maximum absolute atomic E-state index is 9.65. The summed E-state index contributed by atoms with van der Waals surface area (Å²) in [5, 5.41) is 11.4. The van der Waals surface area contributed by atoms with Crippen LogP contribution in [0.25, 0.3) is 17.1 Å². The number of rotatable bonds is 8. The molecule has 3 aromatic carbocycles. The van der Waals surface area contributed by atoms with Crippen molar-refractivity contribution >= 4 is 52.1 Å². The van der Waals surface area contributed by atoms with Gasteiger partial charge in [0, 0.05) is 15.6 Å². The number of imidazole rings is 1. The fourth-order valence-electron chi connectivity index (χ4n) is 3.11. The van der Waals surface area contributed by atoms with Crippen molar-refractivity contribution in [1.82, 2.24) is 9.97 Å². The zero-order valence-corrected chi connectivity index (χ0v) is 20.0. The van der Waals surface area contributed by atoms with Gasteiger partial charge >= 0.3 is 0 Å². The molecule has 0 radical (unpaired) electrons. The van der Waals surface area contributed by atoms with E-state index < -0.39 is 0 Å². The highest BCUT2D eigenvalue weighted by atomic mass is 35.5. The summed E-state index contributed by atoms with van der Waals surface area (Å²) in [4.78, 5) is 8.24. The van der Waals surface area contributed by atoms with E-state index in [1.165, 1.54) is 11.8 Å². The number of allylic oxidation sites excluding steroid dienone is 1. The monoisotopic (exact) mass is 495 g/mol. The second kappa shape index (κ2) is 10.7. The molecule has 0 fully saturated rings. The number of nitrogens with one attached hydrogen (secondary N) is 1. The molecule has 4 aromatic rings. The fraction of sp³-hybridized carbons (Fsp3) is 0.120. The summed E-state index contributed by atoms with van der Waals surface area (Å²) in [5.41, 5.74) is 3.42. The molecule has 0 aliphatic heterocycles. The van der Waals surface area contributed by atoms with E-state index in [0.717, 1.165) is 22.2 Å². The van der Waals surface area contributed by atoms with Gasteiger partial charge in [-0.05, 0) is 66.7 Å². The second-order valence-corrected chi connectivity index (χ2v) is 8.82. The molecule has 1 heterocycles. The van der Waals surface area contributed by atoms with E-state index in [0.29, 0.717) is 38.2 Å². The number of H-pyrrole nitrogens is 1. The Bertz CT molecular complexity index is 1330. The molecule has 0 aliphatic rings. The Morgan fingerprint density at radius 1 is 1.09 bits per heavy atom. The van der Waals surface area contributed by atoms with Gasteiger partial charge in [-0.3, -0.25) is 0 Å². The smallest absolute Gasteiger partial charge is 0.171 e. The van der Waals surface area contributed by atoms with Gasteiger partial charge in [0.2, 0.25) is 0 Å². The number of ether oxygens (including phenoxy) is 2. The van der Waals surface area contributed by atoms with Crippen molar-refractivity contribution in [2.45, 2.75) is 18.7 Å². The standard InChI is InChI=1S/C25H19Cl2N3O2S/c1-2-31-24-12-16(7-10-23(24)32-15-17-8-9-18(26)13-20(17)27)11-19(14-28)33-25-29-21-5-3-4-6-22(21)30-25/h3-13H,2,15H2,1H3,(H,29,30)/b19-11+. The van der Waals surface area contributed by atoms with Crippen LogP contribution in [-0.4, -0.2) is 16.6 Å². The average Bonchev–Trinajstić information content (AvgIpc) is 3.21. The molecule has 0 saturated carbocycles. The Morgan fingerprint density at radius 3 is 2.70 bits per heavy atom. The van der Waals surface area contributed by atoms with Crippen LogP contribution in [0.2, 0.25) is 10.0 Å². The maximum Gasteiger partial charge on any atom is 0.171 e. The van der Waals surface area contributed by atoms with Crippen molar-refractivity contribution in [3.63, 3.8) is 0 Å². The lowest BCUT2D eigenvalue weighted by atomic mass is 10.2. The largest absolute Gasteiger partial charge is 0.490 e. The van der Waals surface area contributed by atoms with Crippen LogP contribution in [0.5, 0.6) is 11.5 Å². The Balaban J connectivity index is 1.53. The van der Waals surface area contributed by atoms with Crippen LogP contribution in [-0.2, 0) is 6.61 Å². The van der Waals surface area contributed by atoms with Gasteiger partial charge in [-0.15, -0.1) is 0 Å². The Kier molecular flexibility index (Phi) is 7.46. The van der Waals surface area contributed by atoms with Crippen molar-refractivity contribution in [2.75, 3.05) is 6.61 Å². The number of aromatic amines is 1. The number of aromatic nitrogens is 2. The van der Waals surface area contributed by atoms with E-state index in [1.807, 2.05) is 55.5 Å². The van der Waals surface area contributed by atoms with Crippen molar-refractivity contribution in [1.29, 1.82) is 5.26 Å². The number of hydrogen-bond donors (Lipinski definition) is 1. The average molecular weight is 496 g/mol. The molecule has 33 heavy (non-hydrogen) atoms. The number of thioether (sulfide) groups is 1. The molecule has 0 atom stereocenters. The number of para-hydroxylation sites is 2. The Labute approximate surface area is 206 Å². The fourth-order valence-corrected chi connectivity index (χ4v) is 4.33. The van der Waals surface area contributed by atoms with E-state index in [-0.39, 0.29) is 6.61 Å². The van der Waals surface area contributed by atoms with E-state index in [1.54, 1.807) is 18.2 Å². The van der Waals surface area contributed by atoms with Crippen LogP contribution in [0.3, 0.4) is 0 Å². The molecule has 0 aliphatic carbocycles. The maximum atomic E-state index is 9.65. The molecule has 0 bridgehead atoms. The van der Waals surface area contributed by atoms with Crippen molar-refractivity contribution < 1.29 is 9.47 Å². The van der Waals surface area contributed by atoms with E-state index >= 15 is 0 Å². The Hall–Kier alpha value is -3.11. The molecule has 1 N–H and O–H groups in total. The SMILES string of the molecule is CCOc1cc(/C=C(\C#N)Sc2nc3ccccc3[nH]2)ccc1OCc1ccc(Cl)cc1Cl. The number of fused-ring (bicyclic) bond motifs is 1. The molecule has 0 spiro atoms. The first kappa shape index (κ1) is 23.1. The first-order chi connectivity index (χ1) is 16.1. The highest BCUT2D eigenvalue weighted by Crippen LogP contribution is 2.33. The quantitative estimate of drug-likeness (QED) is 0.202. The van der Waals surface area contributed by atoms with Gasteiger partial charge in [0.15, 0.2) is 16.7 Å². The second-order valence-electron chi connectivity index (χ2n) is 6.95. The topological polar surface area (TPSA) is 70.9 Å². The molecule has 0 saturated heterocycles. The van der Waals surface area contributed by atoms with Gasteiger partial charge < -0.3 is 14.5 Å². The van der Waals surface area contributed by atoms with Gasteiger partial charge in [-0.2, -0.15) is 5.26 Å². The van der Waals surface area contributed by atoms with Crippen LogP contribution in [0.4, 0.5) is 0 Å². The molecule has 0 unspecified atom stereocenters. The highest BCUT2D eigenvalue weighted by Gasteiger charge is 2.10. The minimum atomic E-state index is 0.274. The van der Waals surface area contributed by atoms with Crippen LogP contribution in [0.1, 0.15) is 18.1 Å². The highest BCUT2D eigenvalue weighted by molar-refractivity contribution is 8.03. The first-order valence-electron chi connectivity index (χ1n) is 10.1. The summed E-state index contributed by atoms with van der Waals surface area (Å²) in [5.74, 6) is 1.17. The lowest BCUT2D eigenvalue weighted by Crippen LogP contribution is -2.00. The summed E-state index contributed by atoms with van der Waals surface area (Å²) < 4.78 is 11.7. The lowest BCUT2D eigenvalue weighted by molar-refractivity contribution is 0.269. The zero-order chi connectivity index (χ0) is 23.2. The predicted molar refractivity (Wildman–Crippen MR) is 134 cm³/mol. The molecule has 5 nitrogen and oxygen atoms in total. The number of nitriles is 1. The van der Waals surface area contributed by atoms with Gasteiger partial charge in [0.05, 0.1) is 22.5 Å². The summed E-state index contributed by atoms with van der Waals surface area (Å²) in [6.07, 6.45) is 1.79. The predicted octanol–water partition coefficient (Wildman–Crippen LogP) is 7.50. The molecule has 0 amide bonds. The molecule has 4 rings (SSSR count). The van der Waals surface area contributed by atoms with Crippen molar-refractivity contribution in [3.8, 4) is 17.6 Å². The number of hydrogen-bond acceptors (Lipinski definition) is 5. The van der Waals surface area contributed by atoms with Crippen LogP contribution in [0.15, 0.2) is 70.7 Å². The number of halogens is 2. The van der Waals surface area contributed by atoms with Gasteiger partial charge in [0.1, 0.15) is 12.7 Å². The summed E-state index contributed by atoms with van der Waals surface area (Å²) >= 11 is 13.5. The lowest BCUT2D eigenvalue weighted by Gasteiger charge is -2.13. The van der Waals surface area contributed by atoms with Crippen LogP contribution >= 0.6 is 35.0 Å².